The highest BCUT2D eigenvalue weighted by Crippen LogP contribution is 2.44. The van der Waals surface area contributed by atoms with Gasteiger partial charge in [0.15, 0.2) is 0 Å². The summed E-state index contributed by atoms with van der Waals surface area (Å²) in [5.74, 6) is 1.65. The number of hydrogen-bond acceptors (Lipinski definition) is 3. The SMILES string of the molecule is CN1CCN(CCCCNC(=O)N[C@H]2C[C@H]2C2CCCCC2)CC1. The number of likely N-dealkylation sites (N-methyl/N-ethyl adjacent to an activating group) is 1. The summed E-state index contributed by atoms with van der Waals surface area (Å²) in [6, 6.07) is 0.511. The molecule has 3 fully saturated rings. The van der Waals surface area contributed by atoms with Crippen LogP contribution in [0.25, 0.3) is 0 Å². The Morgan fingerprint density at radius 1 is 1.04 bits per heavy atom. The second-order valence-corrected chi connectivity index (χ2v) is 8.16. The Morgan fingerprint density at radius 3 is 2.54 bits per heavy atom. The molecule has 1 aliphatic heterocycles. The van der Waals surface area contributed by atoms with Gasteiger partial charge in [-0.2, -0.15) is 0 Å². The van der Waals surface area contributed by atoms with Crippen molar-refractivity contribution in [2.75, 3.05) is 46.3 Å². The van der Waals surface area contributed by atoms with Gasteiger partial charge in [0.1, 0.15) is 0 Å². The third kappa shape index (κ3) is 5.62. The fourth-order valence-electron chi connectivity index (χ4n) is 4.42. The van der Waals surface area contributed by atoms with Crippen LogP contribution in [0.2, 0.25) is 0 Å². The Hall–Kier alpha value is -0.810. The number of unbranched alkanes of at least 4 members (excludes halogenated alkanes) is 1. The topological polar surface area (TPSA) is 47.6 Å². The molecule has 2 aliphatic carbocycles. The molecule has 0 aromatic carbocycles. The number of carbonyl (C=O) groups is 1. The van der Waals surface area contributed by atoms with Crippen LogP contribution in [0.5, 0.6) is 0 Å². The molecule has 2 amide bonds. The molecule has 3 rings (SSSR count). The Kier molecular flexibility index (Phi) is 6.78. The Bertz CT molecular complexity index is 389. The van der Waals surface area contributed by atoms with Crippen LogP contribution < -0.4 is 10.6 Å². The smallest absolute Gasteiger partial charge is 0.315 e. The number of hydrogen-bond donors (Lipinski definition) is 2. The van der Waals surface area contributed by atoms with Crippen molar-refractivity contribution in [1.82, 2.24) is 20.4 Å². The zero-order chi connectivity index (χ0) is 16.8. The predicted octanol–water partition coefficient (Wildman–Crippen LogP) is 2.28. The van der Waals surface area contributed by atoms with E-state index in [9.17, 15) is 4.79 Å². The van der Waals surface area contributed by atoms with Crippen LogP contribution in [-0.2, 0) is 0 Å². The second kappa shape index (κ2) is 9.04. The number of amides is 2. The minimum absolute atomic E-state index is 0.0536. The molecule has 5 nitrogen and oxygen atoms in total. The van der Waals surface area contributed by atoms with Crippen molar-refractivity contribution >= 4 is 6.03 Å². The zero-order valence-electron chi connectivity index (χ0n) is 15.4. The van der Waals surface area contributed by atoms with E-state index in [2.05, 4.69) is 27.5 Å². The summed E-state index contributed by atoms with van der Waals surface area (Å²) in [7, 11) is 2.19. The van der Waals surface area contributed by atoms with Crippen LogP contribution in [0.4, 0.5) is 4.79 Å². The van der Waals surface area contributed by atoms with Crippen LogP contribution in [0.15, 0.2) is 0 Å². The van der Waals surface area contributed by atoms with Crippen molar-refractivity contribution in [3.63, 3.8) is 0 Å². The minimum Gasteiger partial charge on any atom is -0.338 e. The van der Waals surface area contributed by atoms with Crippen molar-refractivity contribution < 1.29 is 4.79 Å². The average molecular weight is 337 g/mol. The first-order valence-corrected chi connectivity index (χ1v) is 10.2. The third-order valence-corrected chi connectivity index (χ3v) is 6.19. The van der Waals surface area contributed by atoms with Gasteiger partial charge in [-0.1, -0.05) is 32.1 Å². The molecule has 2 N–H and O–H groups in total. The molecule has 0 aromatic heterocycles. The number of nitrogens with zero attached hydrogens (tertiary/aromatic N) is 2. The molecule has 5 heteroatoms. The van der Waals surface area contributed by atoms with E-state index in [0.717, 1.165) is 24.8 Å². The highest BCUT2D eigenvalue weighted by molar-refractivity contribution is 5.74. The largest absolute Gasteiger partial charge is 0.338 e. The summed E-state index contributed by atoms with van der Waals surface area (Å²) < 4.78 is 0. The van der Waals surface area contributed by atoms with Crippen molar-refractivity contribution in [2.45, 2.75) is 57.4 Å². The van der Waals surface area contributed by atoms with Gasteiger partial charge in [-0.25, -0.2) is 4.79 Å². The van der Waals surface area contributed by atoms with E-state index in [-0.39, 0.29) is 6.03 Å². The molecular weight excluding hydrogens is 300 g/mol. The molecule has 1 saturated heterocycles. The van der Waals surface area contributed by atoms with Gasteiger partial charge < -0.3 is 20.4 Å². The lowest BCUT2D eigenvalue weighted by Crippen LogP contribution is -2.44. The summed E-state index contributed by atoms with van der Waals surface area (Å²) in [6.45, 7) is 6.72. The van der Waals surface area contributed by atoms with Crippen LogP contribution in [0.1, 0.15) is 51.4 Å². The van der Waals surface area contributed by atoms with Crippen LogP contribution in [-0.4, -0.2) is 68.2 Å². The summed E-state index contributed by atoms with van der Waals surface area (Å²) in [4.78, 5) is 16.9. The van der Waals surface area contributed by atoms with Gasteiger partial charge in [0.2, 0.25) is 0 Å². The van der Waals surface area contributed by atoms with Crippen LogP contribution >= 0.6 is 0 Å². The molecule has 24 heavy (non-hydrogen) atoms. The van der Waals surface area contributed by atoms with Gasteiger partial charge >= 0.3 is 6.03 Å². The van der Waals surface area contributed by atoms with Gasteiger partial charge in [0.25, 0.3) is 0 Å². The Balaban J connectivity index is 1.18. The maximum Gasteiger partial charge on any atom is 0.315 e. The molecule has 138 valence electrons. The number of rotatable bonds is 7. The second-order valence-electron chi connectivity index (χ2n) is 8.16. The van der Waals surface area contributed by atoms with Crippen LogP contribution in [0, 0.1) is 11.8 Å². The van der Waals surface area contributed by atoms with Gasteiger partial charge in [-0.3, -0.25) is 0 Å². The van der Waals surface area contributed by atoms with Crippen LogP contribution in [0.3, 0.4) is 0 Å². The quantitative estimate of drug-likeness (QED) is 0.701. The zero-order valence-corrected chi connectivity index (χ0v) is 15.4. The molecule has 3 aliphatic rings. The normalized spacial score (nSPS) is 29.4. The fraction of sp³-hybridized carbons (Fsp3) is 0.947. The molecule has 0 unspecified atom stereocenters. The van der Waals surface area contributed by atoms with E-state index < -0.39 is 0 Å². The lowest BCUT2D eigenvalue weighted by molar-refractivity contribution is 0.152. The first-order chi connectivity index (χ1) is 11.7. The van der Waals surface area contributed by atoms with Gasteiger partial charge in [-0.15, -0.1) is 0 Å². The molecule has 2 atom stereocenters. The lowest BCUT2D eigenvalue weighted by Gasteiger charge is -2.32. The van der Waals surface area contributed by atoms with E-state index >= 15 is 0 Å². The number of piperazine rings is 1. The Morgan fingerprint density at radius 2 is 1.79 bits per heavy atom. The molecule has 0 bridgehead atoms. The summed E-state index contributed by atoms with van der Waals surface area (Å²) in [5.41, 5.74) is 0. The highest BCUT2D eigenvalue weighted by atomic mass is 16.2. The van der Waals surface area contributed by atoms with Crippen molar-refractivity contribution in [3.05, 3.63) is 0 Å². The van der Waals surface area contributed by atoms with Gasteiger partial charge in [-0.05, 0) is 44.7 Å². The van der Waals surface area contributed by atoms with Crippen molar-refractivity contribution in [2.24, 2.45) is 11.8 Å². The van der Waals surface area contributed by atoms with Gasteiger partial charge in [0, 0.05) is 38.8 Å². The van der Waals surface area contributed by atoms with E-state index in [1.165, 1.54) is 77.7 Å². The van der Waals surface area contributed by atoms with E-state index in [0.29, 0.717) is 6.04 Å². The average Bonchev–Trinajstić information content (AvgIpc) is 3.36. The van der Waals surface area contributed by atoms with Crippen molar-refractivity contribution in [3.8, 4) is 0 Å². The molecular formula is C19H36N4O. The predicted molar refractivity (Wildman–Crippen MR) is 98.2 cm³/mol. The molecule has 0 spiro atoms. The van der Waals surface area contributed by atoms with E-state index in [1.807, 2.05) is 0 Å². The van der Waals surface area contributed by atoms with E-state index in [4.69, 9.17) is 0 Å². The molecule has 0 radical (unpaired) electrons. The number of urea groups is 1. The minimum atomic E-state index is 0.0536. The molecule has 1 heterocycles. The van der Waals surface area contributed by atoms with Gasteiger partial charge in [0.05, 0.1) is 0 Å². The van der Waals surface area contributed by atoms with E-state index in [1.54, 1.807) is 0 Å². The first-order valence-electron chi connectivity index (χ1n) is 10.2. The summed E-state index contributed by atoms with van der Waals surface area (Å²) >= 11 is 0. The first kappa shape index (κ1) is 18.0. The Labute approximate surface area is 147 Å². The number of carbonyl (C=O) groups excluding carboxylic acids is 1. The molecule has 2 saturated carbocycles. The third-order valence-electron chi connectivity index (χ3n) is 6.19. The monoisotopic (exact) mass is 336 g/mol. The van der Waals surface area contributed by atoms with Crippen molar-refractivity contribution in [1.29, 1.82) is 0 Å². The summed E-state index contributed by atoms with van der Waals surface area (Å²) in [5, 5.41) is 6.23. The number of nitrogens with one attached hydrogen (secondary N) is 2. The standard InChI is InChI=1S/C19H36N4O/c1-22-11-13-23(14-12-22)10-6-5-9-20-19(24)21-18-15-17(18)16-7-3-2-4-8-16/h16-18H,2-15H2,1H3,(H2,20,21,24)/t17-,18-/m0/s1. The maximum atomic E-state index is 12.0. The fourth-order valence-corrected chi connectivity index (χ4v) is 4.42. The maximum absolute atomic E-state index is 12.0. The molecule has 0 aromatic rings. The lowest BCUT2D eigenvalue weighted by atomic mass is 9.85. The highest BCUT2D eigenvalue weighted by Gasteiger charge is 2.43. The summed E-state index contributed by atoms with van der Waals surface area (Å²) in [6.07, 6.45) is 10.4.